The lowest BCUT2D eigenvalue weighted by Crippen LogP contribution is -2.44. The van der Waals surface area contributed by atoms with Gasteiger partial charge in [-0.1, -0.05) is 19.9 Å². The lowest BCUT2D eigenvalue weighted by atomic mass is 9.69. The third-order valence-corrected chi connectivity index (χ3v) is 4.64. The van der Waals surface area contributed by atoms with E-state index in [-0.39, 0.29) is 23.1 Å². The number of rotatable bonds is 6. The molecule has 0 spiro atoms. The number of methoxy groups -OCH3 is 1. The molecular weight excluding hydrogens is 268 g/mol. The summed E-state index contributed by atoms with van der Waals surface area (Å²) < 4.78 is 5.10. The first-order chi connectivity index (χ1) is 9.79. The Labute approximate surface area is 125 Å². The van der Waals surface area contributed by atoms with Gasteiger partial charge in [0.15, 0.2) is 17.3 Å². The first-order valence-electron chi connectivity index (χ1n) is 7.25. The predicted molar refractivity (Wildman–Crippen MR) is 79.7 cm³/mol. The van der Waals surface area contributed by atoms with E-state index in [0.29, 0.717) is 12.0 Å². The minimum atomic E-state index is -1.18. The van der Waals surface area contributed by atoms with Crippen molar-refractivity contribution in [2.45, 2.75) is 45.4 Å². The quantitative estimate of drug-likeness (QED) is 0.818. The fraction of sp³-hybridized carbons (Fsp3) is 0.529. The number of carbonyl (C=O) groups excluding carboxylic acids is 2. The molecule has 1 unspecified atom stereocenters. The van der Waals surface area contributed by atoms with Crippen LogP contribution >= 0.6 is 0 Å². The highest BCUT2D eigenvalue weighted by Crippen LogP contribution is 2.51. The minimum Gasteiger partial charge on any atom is -0.504 e. The van der Waals surface area contributed by atoms with Crippen molar-refractivity contribution in [3.63, 3.8) is 0 Å². The van der Waals surface area contributed by atoms with Gasteiger partial charge >= 0.3 is 0 Å². The number of ketones is 2. The van der Waals surface area contributed by atoms with Crippen LogP contribution in [-0.2, 0) is 15.0 Å². The van der Waals surface area contributed by atoms with Crippen LogP contribution in [0.15, 0.2) is 18.2 Å². The predicted octanol–water partition coefficient (Wildman–Crippen LogP) is 3.01. The maximum absolute atomic E-state index is 12.9. The molecule has 2 rings (SSSR count). The van der Waals surface area contributed by atoms with Gasteiger partial charge in [0.25, 0.3) is 0 Å². The molecule has 0 saturated heterocycles. The van der Waals surface area contributed by atoms with Crippen LogP contribution in [0.3, 0.4) is 0 Å². The van der Waals surface area contributed by atoms with E-state index in [1.165, 1.54) is 13.2 Å². The summed E-state index contributed by atoms with van der Waals surface area (Å²) in [7, 11) is 1.45. The van der Waals surface area contributed by atoms with Crippen LogP contribution in [-0.4, -0.2) is 23.8 Å². The normalized spacial score (nSPS) is 18.7. The summed E-state index contributed by atoms with van der Waals surface area (Å²) >= 11 is 0. The van der Waals surface area contributed by atoms with Gasteiger partial charge in [0.2, 0.25) is 0 Å². The van der Waals surface area contributed by atoms with Gasteiger partial charge in [-0.05, 0) is 37.5 Å². The van der Waals surface area contributed by atoms with Crippen LogP contribution in [0.5, 0.6) is 11.5 Å². The van der Waals surface area contributed by atoms with E-state index in [0.717, 1.165) is 12.8 Å². The first kappa shape index (κ1) is 15.5. The fourth-order valence-corrected chi connectivity index (χ4v) is 2.78. The molecule has 0 bridgehead atoms. The van der Waals surface area contributed by atoms with Gasteiger partial charge in [0.1, 0.15) is 11.2 Å². The van der Waals surface area contributed by atoms with Gasteiger partial charge in [0, 0.05) is 11.8 Å². The highest BCUT2D eigenvalue weighted by atomic mass is 16.5. The van der Waals surface area contributed by atoms with Gasteiger partial charge in [-0.3, -0.25) is 9.59 Å². The second-order valence-corrected chi connectivity index (χ2v) is 6.18. The number of Topliss-reactive ketones (excluding diaryl/α,β-unsaturated/α-hetero) is 2. The Morgan fingerprint density at radius 3 is 2.48 bits per heavy atom. The van der Waals surface area contributed by atoms with E-state index in [1.54, 1.807) is 26.0 Å². The maximum atomic E-state index is 12.9. The van der Waals surface area contributed by atoms with Crippen molar-refractivity contribution in [3.05, 3.63) is 23.8 Å². The summed E-state index contributed by atoms with van der Waals surface area (Å²) in [5.74, 6) is 0.136. The number of phenols is 1. The van der Waals surface area contributed by atoms with Crippen LogP contribution in [0.25, 0.3) is 0 Å². The van der Waals surface area contributed by atoms with Gasteiger partial charge in [-0.2, -0.15) is 0 Å². The third-order valence-electron chi connectivity index (χ3n) is 4.64. The van der Waals surface area contributed by atoms with Crippen LogP contribution < -0.4 is 4.74 Å². The zero-order valence-corrected chi connectivity index (χ0v) is 13.0. The average Bonchev–Trinajstić information content (AvgIpc) is 3.24. The number of phenolic OH excluding ortho intramolecular Hbond substituents is 1. The number of hydrogen-bond donors (Lipinski definition) is 1. The zero-order valence-electron chi connectivity index (χ0n) is 13.0. The van der Waals surface area contributed by atoms with Crippen molar-refractivity contribution in [2.75, 3.05) is 7.11 Å². The summed E-state index contributed by atoms with van der Waals surface area (Å²) in [6.07, 6.45) is 1.95. The Kier molecular flexibility index (Phi) is 3.83. The Morgan fingerprint density at radius 1 is 1.38 bits per heavy atom. The van der Waals surface area contributed by atoms with Gasteiger partial charge in [-0.25, -0.2) is 0 Å². The smallest absolute Gasteiger partial charge is 0.160 e. The summed E-state index contributed by atoms with van der Waals surface area (Å²) in [6, 6.07) is 4.69. The molecular formula is C17H22O4. The van der Waals surface area contributed by atoms with Crippen molar-refractivity contribution in [2.24, 2.45) is 5.41 Å². The van der Waals surface area contributed by atoms with Crippen LogP contribution in [0, 0.1) is 5.41 Å². The molecule has 0 radical (unpaired) electrons. The summed E-state index contributed by atoms with van der Waals surface area (Å²) in [5, 5.41) is 9.71. The number of ether oxygens (including phenoxy) is 1. The highest BCUT2D eigenvalue weighted by Gasteiger charge is 2.55. The Hall–Kier alpha value is -1.84. The number of benzene rings is 1. The molecule has 1 aromatic carbocycles. The largest absolute Gasteiger partial charge is 0.504 e. The van der Waals surface area contributed by atoms with E-state index >= 15 is 0 Å². The summed E-state index contributed by atoms with van der Waals surface area (Å²) in [5.41, 5.74) is -0.992. The molecule has 1 aliphatic carbocycles. The standard InChI is InChI=1S/C17H22O4/c1-5-14(19)17(3,15(20)16(2)8-9-16)11-6-7-12(18)13(10-11)21-4/h6-7,10,18H,5,8-9H2,1-4H3. The fourth-order valence-electron chi connectivity index (χ4n) is 2.78. The molecule has 4 nitrogen and oxygen atoms in total. The van der Waals surface area contributed by atoms with Gasteiger partial charge in [0.05, 0.1) is 7.11 Å². The molecule has 1 fully saturated rings. The average molecular weight is 290 g/mol. The first-order valence-corrected chi connectivity index (χ1v) is 7.25. The van der Waals surface area contributed by atoms with Gasteiger partial charge < -0.3 is 9.84 Å². The number of aromatic hydroxyl groups is 1. The maximum Gasteiger partial charge on any atom is 0.160 e. The molecule has 1 N–H and O–H groups in total. The minimum absolute atomic E-state index is 0.00219. The molecule has 1 aliphatic rings. The van der Waals surface area contributed by atoms with Crippen molar-refractivity contribution >= 4 is 11.6 Å². The van der Waals surface area contributed by atoms with Crippen molar-refractivity contribution in [1.82, 2.24) is 0 Å². The van der Waals surface area contributed by atoms with Gasteiger partial charge in [-0.15, -0.1) is 0 Å². The van der Waals surface area contributed by atoms with Crippen LogP contribution in [0.4, 0.5) is 0 Å². The number of carbonyl (C=O) groups is 2. The summed E-state index contributed by atoms with van der Waals surface area (Å²) in [6.45, 7) is 5.37. The van der Waals surface area contributed by atoms with Crippen molar-refractivity contribution in [1.29, 1.82) is 0 Å². The highest BCUT2D eigenvalue weighted by molar-refractivity contribution is 6.14. The van der Waals surface area contributed by atoms with Crippen LogP contribution in [0.2, 0.25) is 0 Å². The topological polar surface area (TPSA) is 63.6 Å². The molecule has 0 aromatic heterocycles. The van der Waals surface area contributed by atoms with E-state index in [1.807, 2.05) is 6.92 Å². The zero-order chi connectivity index (χ0) is 15.8. The van der Waals surface area contributed by atoms with Crippen molar-refractivity contribution < 1.29 is 19.4 Å². The molecule has 4 heteroatoms. The molecule has 21 heavy (non-hydrogen) atoms. The molecule has 0 aliphatic heterocycles. The Morgan fingerprint density at radius 2 is 2.00 bits per heavy atom. The molecule has 0 amide bonds. The molecule has 114 valence electrons. The third kappa shape index (κ3) is 2.43. The SMILES string of the molecule is CCC(=O)C(C)(C(=O)C1(C)CC1)c1ccc(O)c(OC)c1. The Balaban J connectivity index is 2.55. The van der Waals surface area contributed by atoms with E-state index < -0.39 is 10.8 Å². The lowest BCUT2D eigenvalue weighted by Gasteiger charge is -2.30. The molecule has 1 saturated carbocycles. The lowest BCUT2D eigenvalue weighted by molar-refractivity contribution is -0.137. The molecule has 1 atom stereocenters. The van der Waals surface area contributed by atoms with Crippen molar-refractivity contribution in [3.8, 4) is 11.5 Å². The van der Waals surface area contributed by atoms with E-state index in [9.17, 15) is 14.7 Å². The van der Waals surface area contributed by atoms with Crippen LogP contribution in [0.1, 0.15) is 45.6 Å². The van der Waals surface area contributed by atoms with E-state index in [2.05, 4.69) is 0 Å². The summed E-state index contributed by atoms with van der Waals surface area (Å²) in [4.78, 5) is 25.4. The second kappa shape index (κ2) is 5.17. The van der Waals surface area contributed by atoms with E-state index in [4.69, 9.17) is 4.74 Å². The molecule has 0 heterocycles. The monoisotopic (exact) mass is 290 g/mol. The molecule has 1 aromatic rings. The number of hydrogen-bond acceptors (Lipinski definition) is 4. The Bertz CT molecular complexity index is 586. The second-order valence-electron chi connectivity index (χ2n) is 6.18.